The Bertz CT molecular complexity index is 119. The molecule has 0 aromatic carbocycles. The van der Waals surface area contributed by atoms with Crippen LogP contribution in [0.15, 0.2) is 12.7 Å². The minimum absolute atomic E-state index is 0.205. The van der Waals surface area contributed by atoms with E-state index in [4.69, 9.17) is 4.74 Å². The summed E-state index contributed by atoms with van der Waals surface area (Å²) in [5.74, 6) is 0.205. The fourth-order valence-electron chi connectivity index (χ4n) is 0.695. The fourth-order valence-corrected chi connectivity index (χ4v) is 0.695. The highest BCUT2D eigenvalue weighted by atomic mass is 16.5. The van der Waals surface area contributed by atoms with Crippen molar-refractivity contribution in [1.82, 2.24) is 0 Å². The van der Waals surface area contributed by atoms with Crippen molar-refractivity contribution >= 4 is 5.78 Å². The molecule has 0 rings (SSSR count). The van der Waals surface area contributed by atoms with E-state index in [-0.39, 0.29) is 5.78 Å². The summed E-state index contributed by atoms with van der Waals surface area (Å²) in [5, 5.41) is 0. The minimum Gasteiger partial charge on any atom is -0.381 e. The molecule has 0 saturated heterocycles. The van der Waals surface area contributed by atoms with E-state index in [2.05, 4.69) is 6.58 Å². The number of hydrogen-bond donors (Lipinski definition) is 0. The van der Waals surface area contributed by atoms with Crippen LogP contribution in [-0.2, 0) is 9.53 Å². The van der Waals surface area contributed by atoms with Crippen molar-refractivity contribution in [3.63, 3.8) is 0 Å². The zero-order chi connectivity index (χ0) is 8.53. The maximum Gasteiger partial charge on any atom is 0.138 e. The Hall–Kier alpha value is -0.630. The highest BCUT2D eigenvalue weighted by Gasteiger charge is 1.97. The molecule has 0 spiro atoms. The van der Waals surface area contributed by atoms with Gasteiger partial charge in [-0.2, -0.15) is 0 Å². The van der Waals surface area contributed by atoms with Gasteiger partial charge in [0.2, 0.25) is 0 Å². The van der Waals surface area contributed by atoms with Crippen molar-refractivity contribution in [1.29, 1.82) is 0 Å². The van der Waals surface area contributed by atoms with E-state index in [1.54, 1.807) is 6.08 Å². The predicted octanol–water partition coefficient (Wildman–Crippen LogP) is 1.95. The molecule has 0 aliphatic rings. The number of ether oxygens (including phenoxy) is 1. The number of rotatable bonds is 7. The molecule has 0 saturated carbocycles. The van der Waals surface area contributed by atoms with Crippen LogP contribution >= 0.6 is 0 Å². The number of hydrogen-bond acceptors (Lipinski definition) is 2. The third-order valence-corrected chi connectivity index (χ3v) is 1.25. The molecule has 0 aromatic rings. The first-order valence-corrected chi connectivity index (χ1v) is 4.01. The van der Waals surface area contributed by atoms with E-state index in [1.807, 2.05) is 6.92 Å². The van der Waals surface area contributed by atoms with Gasteiger partial charge in [-0.05, 0) is 6.42 Å². The largest absolute Gasteiger partial charge is 0.381 e. The predicted molar refractivity (Wildman–Crippen MR) is 45.5 cm³/mol. The van der Waals surface area contributed by atoms with Crippen LogP contribution in [0, 0.1) is 0 Å². The third kappa shape index (κ3) is 7.26. The Morgan fingerprint density at radius 3 is 2.82 bits per heavy atom. The number of Topliss-reactive ketones (excluding diaryl/α,β-unsaturated/α-hetero) is 1. The Labute approximate surface area is 68.2 Å². The highest BCUT2D eigenvalue weighted by molar-refractivity contribution is 5.79. The Kier molecular flexibility index (Phi) is 7.05. The first kappa shape index (κ1) is 10.4. The van der Waals surface area contributed by atoms with Gasteiger partial charge in [-0.15, -0.1) is 6.58 Å². The van der Waals surface area contributed by atoms with E-state index in [9.17, 15) is 4.79 Å². The molecule has 0 amide bonds. The van der Waals surface area contributed by atoms with Crippen LogP contribution in [-0.4, -0.2) is 19.0 Å². The van der Waals surface area contributed by atoms with Crippen molar-refractivity contribution in [2.75, 3.05) is 13.2 Å². The standard InChI is InChI=1S/C9H16O2/c1-3-5-9(10)6-8-11-7-4-2/h3H,1,4-8H2,2H3. The highest BCUT2D eigenvalue weighted by Crippen LogP contribution is 1.91. The van der Waals surface area contributed by atoms with E-state index in [0.717, 1.165) is 13.0 Å². The molecule has 2 heteroatoms. The van der Waals surface area contributed by atoms with Crippen LogP contribution in [0.5, 0.6) is 0 Å². The second kappa shape index (κ2) is 7.48. The molecule has 0 heterocycles. The Morgan fingerprint density at radius 2 is 2.27 bits per heavy atom. The van der Waals surface area contributed by atoms with Crippen molar-refractivity contribution in [2.24, 2.45) is 0 Å². The van der Waals surface area contributed by atoms with Gasteiger partial charge in [-0.1, -0.05) is 13.0 Å². The molecule has 2 nitrogen and oxygen atoms in total. The smallest absolute Gasteiger partial charge is 0.138 e. The maximum absolute atomic E-state index is 10.9. The Morgan fingerprint density at radius 1 is 1.55 bits per heavy atom. The van der Waals surface area contributed by atoms with Gasteiger partial charge in [0.15, 0.2) is 0 Å². The monoisotopic (exact) mass is 156 g/mol. The molecular weight excluding hydrogens is 140 g/mol. The minimum atomic E-state index is 0.205. The first-order valence-electron chi connectivity index (χ1n) is 4.01. The van der Waals surface area contributed by atoms with Gasteiger partial charge in [0.05, 0.1) is 6.61 Å². The lowest BCUT2D eigenvalue weighted by Gasteiger charge is -1.99. The van der Waals surface area contributed by atoms with Crippen molar-refractivity contribution in [2.45, 2.75) is 26.2 Å². The first-order chi connectivity index (χ1) is 5.31. The SMILES string of the molecule is C=CCC(=O)CCOCCC. The summed E-state index contributed by atoms with van der Waals surface area (Å²) >= 11 is 0. The van der Waals surface area contributed by atoms with E-state index in [0.29, 0.717) is 19.4 Å². The molecule has 0 aliphatic carbocycles. The number of ketones is 1. The summed E-state index contributed by atoms with van der Waals surface area (Å²) in [5.41, 5.74) is 0. The van der Waals surface area contributed by atoms with Crippen LogP contribution in [0.1, 0.15) is 26.2 Å². The summed E-state index contributed by atoms with van der Waals surface area (Å²) in [6, 6.07) is 0. The van der Waals surface area contributed by atoms with Gasteiger partial charge in [0, 0.05) is 19.4 Å². The van der Waals surface area contributed by atoms with Gasteiger partial charge in [-0.3, -0.25) is 4.79 Å². The molecular formula is C9H16O2. The van der Waals surface area contributed by atoms with Gasteiger partial charge in [-0.25, -0.2) is 0 Å². The summed E-state index contributed by atoms with van der Waals surface area (Å²) in [7, 11) is 0. The summed E-state index contributed by atoms with van der Waals surface area (Å²) in [6.45, 7) is 6.84. The lowest BCUT2D eigenvalue weighted by Crippen LogP contribution is -2.03. The number of carbonyl (C=O) groups is 1. The van der Waals surface area contributed by atoms with Crippen LogP contribution in [0.2, 0.25) is 0 Å². The van der Waals surface area contributed by atoms with Crippen molar-refractivity contribution in [3.8, 4) is 0 Å². The molecule has 11 heavy (non-hydrogen) atoms. The van der Waals surface area contributed by atoms with Gasteiger partial charge in [0.25, 0.3) is 0 Å². The molecule has 64 valence electrons. The Balaban J connectivity index is 3.10. The van der Waals surface area contributed by atoms with Crippen LogP contribution in [0.4, 0.5) is 0 Å². The fraction of sp³-hybridized carbons (Fsp3) is 0.667. The van der Waals surface area contributed by atoms with Crippen LogP contribution in [0.3, 0.4) is 0 Å². The summed E-state index contributed by atoms with van der Waals surface area (Å²) in [4.78, 5) is 10.9. The molecule has 0 aromatic heterocycles. The van der Waals surface area contributed by atoms with Gasteiger partial charge < -0.3 is 4.74 Å². The van der Waals surface area contributed by atoms with Crippen LogP contribution < -0.4 is 0 Å². The van der Waals surface area contributed by atoms with Gasteiger partial charge in [0.1, 0.15) is 5.78 Å². The quantitative estimate of drug-likeness (QED) is 0.416. The van der Waals surface area contributed by atoms with Crippen molar-refractivity contribution in [3.05, 3.63) is 12.7 Å². The average Bonchev–Trinajstić information content (AvgIpc) is 1.99. The number of carbonyl (C=O) groups excluding carboxylic acids is 1. The maximum atomic E-state index is 10.9. The molecule has 0 fully saturated rings. The lowest BCUT2D eigenvalue weighted by atomic mass is 10.2. The topological polar surface area (TPSA) is 26.3 Å². The van der Waals surface area contributed by atoms with Crippen molar-refractivity contribution < 1.29 is 9.53 Å². The second-order valence-electron chi connectivity index (χ2n) is 2.39. The number of allylic oxidation sites excluding steroid dienone is 1. The zero-order valence-corrected chi connectivity index (χ0v) is 7.14. The third-order valence-electron chi connectivity index (χ3n) is 1.25. The van der Waals surface area contributed by atoms with E-state index in [1.165, 1.54) is 0 Å². The molecule has 0 aliphatic heterocycles. The molecule has 0 unspecified atom stereocenters. The molecule has 0 N–H and O–H groups in total. The van der Waals surface area contributed by atoms with E-state index >= 15 is 0 Å². The zero-order valence-electron chi connectivity index (χ0n) is 7.14. The second-order valence-corrected chi connectivity index (χ2v) is 2.39. The molecule has 0 bridgehead atoms. The summed E-state index contributed by atoms with van der Waals surface area (Å²) in [6.07, 6.45) is 3.62. The average molecular weight is 156 g/mol. The lowest BCUT2D eigenvalue weighted by molar-refractivity contribution is -0.119. The normalized spacial score (nSPS) is 9.55. The summed E-state index contributed by atoms with van der Waals surface area (Å²) < 4.78 is 5.14. The van der Waals surface area contributed by atoms with E-state index < -0.39 is 0 Å². The molecule has 0 atom stereocenters. The van der Waals surface area contributed by atoms with Crippen LogP contribution in [0.25, 0.3) is 0 Å². The van der Waals surface area contributed by atoms with Gasteiger partial charge >= 0.3 is 0 Å². The molecule has 0 radical (unpaired) electrons.